The number of carbonyl (C=O) groups excluding carboxylic acids is 5. The minimum absolute atomic E-state index is 0.00342. The molecule has 5 saturated carbocycles. The summed E-state index contributed by atoms with van der Waals surface area (Å²) < 4.78 is 94.4. The second-order valence-electron chi connectivity index (χ2n) is 16.1. The van der Waals surface area contributed by atoms with Crippen molar-refractivity contribution in [3.05, 3.63) is 0 Å². The number of ketones is 3. The number of halogens is 4. The maximum Gasteiger partial charge on any atom is 0.431 e. The molecular weight excluding hydrogens is 688 g/mol. The fourth-order valence-corrected chi connectivity index (χ4v) is 10.9. The lowest BCUT2D eigenvalue weighted by molar-refractivity contribution is -0.177. The molecule has 5 aliphatic rings. The Morgan fingerprint density at radius 3 is 2.38 bits per heavy atom. The van der Waals surface area contributed by atoms with Crippen molar-refractivity contribution in [3.63, 3.8) is 0 Å². The van der Waals surface area contributed by atoms with Crippen LogP contribution in [0.25, 0.3) is 0 Å². The highest BCUT2D eigenvalue weighted by atomic mass is 32.2. The van der Waals surface area contributed by atoms with Crippen LogP contribution in [0, 0.1) is 52.3 Å². The van der Waals surface area contributed by atoms with E-state index in [9.17, 15) is 50.0 Å². The molecule has 5 rings (SSSR count). The molecule has 0 aromatic heterocycles. The molecule has 282 valence electrons. The van der Waals surface area contributed by atoms with Gasteiger partial charge in [0, 0.05) is 43.4 Å². The average molecular weight is 737 g/mol. The number of Topliss-reactive ketones (excluding diaryl/α,β-unsaturated/α-hetero) is 3. The first-order valence-corrected chi connectivity index (χ1v) is 19.2. The molecule has 1 N–H and O–H groups in total. The van der Waals surface area contributed by atoms with Gasteiger partial charge in [0.2, 0.25) is 0 Å². The first kappa shape index (κ1) is 38.8. The quantitative estimate of drug-likeness (QED) is 0.148. The molecule has 2 unspecified atom stereocenters. The minimum Gasteiger partial charge on any atom is -0.465 e. The number of hydrogen-bond acceptors (Lipinski definition) is 9. The third kappa shape index (κ3) is 6.90. The number of carbonyl (C=O) groups is 5. The first-order valence-electron chi connectivity index (χ1n) is 17.8. The molecule has 0 bridgehead atoms. The van der Waals surface area contributed by atoms with Gasteiger partial charge in [-0.2, -0.15) is 26.0 Å². The fraction of sp³-hybridized carbons (Fsp3) is 0.857. The van der Waals surface area contributed by atoms with Crippen LogP contribution in [-0.4, -0.2) is 66.1 Å². The molecular formula is C35H48F4O10S. The highest BCUT2D eigenvalue weighted by Gasteiger charge is 2.67. The zero-order chi connectivity index (χ0) is 37.0. The lowest BCUT2D eigenvalue weighted by Gasteiger charge is -2.58. The van der Waals surface area contributed by atoms with Gasteiger partial charge in [0.1, 0.15) is 23.5 Å². The molecule has 0 amide bonds. The first-order chi connectivity index (χ1) is 23.1. The van der Waals surface area contributed by atoms with Crippen LogP contribution >= 0.6 is 0 Å². The van der Waals surface area contributed by atoms with Crippen molar-refractivity contribution in [1.29, 1.82) is 0 Å². The highest BCUT2D eigenvalue weighted by molar-refractivity contribution is 7.87. The molecule has 0 aromatic rings. The Hall–Kier alpha value is -2.42. The van der Waals surface area contributed by atoms with Gasteiger partial charge in [0.15, 0.2) is 0 Å². The molecule has 10 atom stereocenters. The van der Waals surface area contributed by atoms with E-state index in [2.05, 4.69) is 6.92 Å². The second kappa shape index (κ2) is 13.9. The smallest absolute Gasteiger partial charge is 0.431 e. The lowest BCUT2D eigenvalue weighted by atomic mass is 9.44. The maximum atomic E-state index is 14.0. The monoisotopic (exact) mass is 736 g/mol. The van der Waals surface area contributed by atoms with Gasteiger partial charge in [0.25, 0.3) is 0 Å². The van der Waals surface area contributed by atoms with Gasteiger partial charge in [-0.1, -0.05) is 20.8 Å². The molecule has 50 heavy (non-hydrogen) atoms. The Labute approximate surface area is 289 Å². The van der Waals surface area contributed by atoms with E-state index >= 15 is 0 Å². The molecule has 10 nitrogen and oxygen atoms in total. The molecule has 5 fully saturated rings. The van der Waals surface area contributed by atoms with Crippen LogP contribution in [0.5, 0.6) is 0 Å². The van der Waals surface area contributed by atoms with Crippen LogP contribution in [0.15, 0.2) is 0 Å². The van der Waals surface area contributed by atoms with E-state index in [1.54, 1.807) is 0 Å². The number of rotatable bonds is 11. The van der Waals surface area contributed by atoms with Crippen LogP contribution in [-0.2, 0) is 43.6 Å². The minimum atomic E-state index is -6.40. The van der Waals surface area contributed by atoms with Crippen molar-refractivity contribution < 1.29 is 64.0 Å². The Morgan fingerprint density at radius 1 is 1.00 bits per heavy atom. The molecule has 0 saturated heterocycles. The Morgan fingerprint density at radius 2 is 1.70 bits per heavy atom. The maximum absolute atomic E-state index is 14.0. The van der Waals surface area contributed by atoms with E-state index in [0.717, 1.165) is 12.8 Å². The molecule has 0 heterocycles. The van der Waals surface area contributed by atoms with E-state index < -0.39 is 63.7 Å². The molecule has 0 radical (unpaired) electrons. The summed E-state index contributed by atoms with van der Waals surface area (Å²) in [5.41, 5.74) is -0.888. The van der Waals surface area contributed by atoms with E-state index in [1.165, 1.54) is 0 Å². The lowest BCUT2D eigenvalue weighted by Crippen LogP contribution is -2.60. The fourth-order valence-electron chi connectivity index (χ4n) is 10.4. The van der Waals surface area contributed by atoms with Crippen LogP contribution < -0.4 is 0 Å². The Bertz CT molecular complexity index is 1500. The molecule has 15 heteroatoms. The summed E-state index contributed by atoms with van der Waals surface area (Å²) in [6.07, 6.45) is 3.13. The van der Waals surface area contributed by atoms with Crippen LogP contribution in [0.3, 0.4) is 0 Å². The van der Waals surface area contributed by atoms with Crippen molar-refractivity contribution in [1.82, 2.24) is 0 Å². The van der Waals surface area contributed by atoms with E-state index in [-0.39, 0.29) is 71.1 Å². The Balaban J connectivity index is 1.11. The standard InChI is InChI=1S/C35H48F4O10S/c1-19(24-8-9-25-30-26(18-28(42)33(24,25)3)32(2)12-11-22(40)16-21(32)17-27(30)41)7-10-29(43)49-23-6-4-5-20(15-23)31(44)48-14-13-34(36,37)35(38,39)50(45,46)47/h19-21,23-26,30H,4-18H2,1-3H3,(H,45,46,47)/t19-,20?,21+,23?,24-,25+,26+,30+,32+,33-/m1/s1. The molecule has 0 spiro atoms. The largest absolute Gasteiger partial charge is 0.465 e. The van der Waals surface area contributed by atoms with Gasteiger partial charge < -0.3 is 9.47 Å². The zero-order valence-corrected chi connectivity index (χ0v) is 29.6. The summed E-state index contributed by atoms with van der Waals surface area (Å²) in [6.45, 7) is 4.97. The van der Waals surface area contributed by atoms with E-state index in [1.807, 2.05) is 13.8 Å². The van der Waals surface area contributed by atoms with Gasteiger partial charge in [-0.05, 0) is 86.4 Å². The number of ether oxygens (including phenoxy) is 2. The summed E-state index contributed by atoms with van der Waals surface area (Å²) in [5.74, 6) is -7.30. The average Bonchev–Trinajstić information content (AvgIpc) is 3.39. The van der Waals surface area contributed by atoms with Gasteiger partial charge in [-0.3, -0.25) is 28.5 Å². The van der Waals surface area contributed by atoms with Gasteiger partial charge in [0.05, 0.1) is 18.9 Å². The van der Waals surface area contributed by atoms with Crippen LogP contribution in [0.1, 0.15) is 111 Å². The number of alkyl halides is 4. The van der Waals surface area contributed by atoms with Gasteiger partial charge >= 0.3 is 33.2 Å². The van der Waals surface area contributed by atoms with Crippen molar-refractivity contribution in [2.24, 2.45) is 52.3 Å². The third-order valence-electron chi connectivity index (χ3n) is 13.4. The molecule has 0 aliphatic heterocycles. The van der Waals surface area contributed by atoms with Crippen LogP contribution in [0.4, 0.5) is 17.6 Å². The Kier molecular flexibility index (Phi) is 10.8. The summed E-state index contributed by atoms with van der Waals surface area (Å²) >= 11 is 0. The second-order valence-corrected chi connectivity index (χ2v) is 17.5. The summed E-state index contributed by atoms with van der Waals surface area (Å²) in [5, 5.41) is -5.75. The zero-order valence-electron chi connectivity index (χ0n) is 28.8. The number of hydrogen-bond donors (Lipinski definition) is 1. The SMILES string of the molecule is C[C@H](CCC(=O)OC1CCCC(C(=O)OCCC(F)(F)C(F)(F)S(=O)(=O)O)C1)[C@H]1CC[C@H]2[C@@H]3C(=O)C[C@@H]4CC(=O)CC[C@]4(C)[C@H]3CC(=O)[C@]12C. The summed E-state index contributed by atoms with van der Waals surface area (Å²) in [7, 11) is -6.40. The predicted octanol–water partition coefficient (Wildman–Crippen LogP) is 6.14. The van der Waals surface area contributed by atoms with Gasteiger partial charge in [-0.15, -0.1) is 0 Å². The number of esters is 2. The summed E-state index contributed by atoms with van der Waals surface area (Å²) in [4.78, 5) is 65.3. The van der Waals surface area contributed by atoms with Gasteiger partial charge in [-0.25, -0.2) is 0 Å². The van der Waals surface area contributed by atoms with Crippen molar-refractivity contribution >= 4 is 39.4 Å². The third-order valence-corrected chi connectivity index (χ3v) is 14.3. The van der Waals surface area contributed by atoms with Crippen molar-refractivity contribution in [2.45, 2.75) is 128 Å². The topological polar surface area (TPSA) is 158 Å². The normalized spacial score (nSPS) is 37.0. The van der Waals surface area contributed by atoms with Crippen molar-refractivity contribution in [3.8, 4) is 0 Å². The van der Waals surface area contributed by atoms with E-state index in [0.29, 0.717) is 57.8 Å². The molecule has 5 aliphatic carbocycles. The number of fused-ring (bicyclic) bond motifs is 5. The van der Waals surface area contributed by atoms with Crippen molar-refractivity contribution in [2.75, 3.05) is 6.61 Å². The summed E-state index contributed by atoms with van der Waals surface area (Å²) in [6, 6.07) is 0. The molecule has 0 aromatic carbocycles. The van der Waals surface area contributed by atoms with Crippen LogP contribution in [0.2, 0.25) is 0 Å². The highest BCUT2D eigenvalue weighted by Crippen LogP contribution is 2.66. The van der Waals surface area contributed by atoms with E-state index in [4.69, 9.17) is 14.0 Å². The predicted molar refractivity (Wildman–Crippen MR) is 168 cm³/mol.